The number of nitrogen functional groups attached to an aromatic ring is 1. The third kappa shape index (κ3) is 2.11. The SMILES string of the molecule is COc1cccc(-c2noc(N)c2C(C)C)c1. The number of hydrogen-bond acceptors (Lipinski definition) is 4. The molecule has 0 bridgehead atoms. The lowest BCUT2D eigenvalue weighted by atomic mass is 9.99. The predicted octanol–water partition coefficient (Wildman–Crippen LogP) is 3.06. The fourth-order valence-electron chi connectivity index (χ4n) is 1.85. The Bertz CT molecular complexity index is 518. The number of anilines is 1. The van der Waals surface area contributed by atoms with Crippen LogP contribution in [0.5, 0.6) is 5.75 Å². The smallest absolute Gasteiger partial charge is 0.226 e. The average molecular weight is 232 g/mol. The van der Waals surface area contributed by atoms with Crippen molar-refractivity contribution in [3.63, 3.8) is 0 Å². The van der Waals surface area contributed by atoms with Crippen LogP contribution in [0.2, 0.25) is 0 Å². The highest BCUT2D eigenvalue weighted by Gasteiger charge is 2.18. The quantitative estimate of drug-likeness (QED) is 0.883. The summed E-state index contributed by atoms with van der Waals surface area (Å²) in [5.74, 6) is 1.44. The first-order valence-electron chi connectivity index (χ1n) is 5.53. The van der Waals surface area contributed by atoms with E-state index in [0.717, 1.165) is 22.6 Å². The summed E-state index contributed by atoms with van der Waals surface area (Å²) in [4.78, 5) is 0. The lowest BCUT2D eigenvalue weighted by molar-refractivity contribution is 0.415. The molecule has 1 heterocycles. The van der Waals surface area contributed by atoms with Gasteiger partial charge < -0.3 is 15.0 Å². The van der Waals surface area contributed by atoms with Crippen LogP contribution >= 0.6 is 0 Å². The average Bonchev–Trinajstić information content (AvgIpc) is 2.71. The number of nitrogens with zero attached hydrogens (tertiary/aromatic N) is 1. The second-order valence-electron chi connectivity index (χ2n) is 4.20. The van der Waals surface area contributed by atoms with E-state index in [4.69, 9.17) is 15.0 Å². The van der Waals surface area contributed by atoms with Gasteiger partial charge >= 0.3 is 0 Å². The normalized spacial score (nSPS) is 10.8. The van der Waals surface area contributed by atoms with Gasteiger partial charge in [-0.15, -0.1) is 0 Å². The maximum atomic E-state index is 5.79. The van der Waals surface area contributed by atoms with Crippen molar-refractivity contribution in [3.05, 3.63) is 29.8 Å². The molecule has 1 aromatic heterocycles. The van der Waals surface area contributed by atoms with Gasteiger partial charge in [0.2, 0.25) is 5.88 Å². The number of benzene rings is 1. The van der Waals surface area contributed by atoms with Crippen LogP contribution in [0.25, 0.3) is 11.3 Å². The molecule has 0 saturated carbocycles. The topological polar surface area (TPSA) is 61.3 Å². The number of hydrogen-bond donors (Lipinski definition) is 1. The van der Waals surface area contributed by atoms with Crippen molar-refractivity contribution in [2.45, 2.75) is 19.8 Å². The standard InChI is InChI=1S/C13H16N2O2/c1-8(2)11-12(15-17-13(11)14)9-5-4-6-10(7-9)16-3/h4-8H,14H2,1-3H3. The summed E-state index contributed by atoms with van der Waals surface area (Å²) in [5.41, 5.74) is 8.47. The molecule has 4 heteroatoms. The molecule has 17 heavy (non-hydrogen) atoms. The van der Waals surface area contributed by atoms with Gasteiger partial charge in [0.25, 0.3) is 0 Å². The fraction of sp³-hybridized carbons (Fsp3) is 0.308. The zero-order valence-corrected chi connectivity index (χ0v) is 10.2. The Morgan fingerprint density at radius 3 is 2.76 bits per heavy atom. The van der Waals surface area contributed by atoms with Crippen LogP contribution < -0.4 is 10.5 Å². The minimum atomic E-state index is 0.266. The highest BCUT2D eigenvalue weighted by Crippen LogP contribution is 2.33. The van der Waals surface area contributed by atoms with Crippen molar-refractivity contribution in [1.29, 1.82) is 0 Å². The van der Waals surface area contributed by atoms with Crippen LogP contribution in [-0.2, 0) is 0 Å². The molecule has 0 saturated heterocycles. The minimum Gasteiger partial charge on any atom is -0.497 e. The number of ether oxygens (including phenoxy) is 1. The lowest BCUT2D eigenvalue weighted by Crippen LogP contribution is -1.94. The Labute approximate surface area is 100 Å². The van der Waals surface area contributed by atoms with E-state index >= 15 is 0 Å². The molecule has 0 spiro atoms. The van der Waals surface area contributed by atoms with Gasteiger partial charge in [0.1, 0.15) is 11.4 Å². The Morgan fingerprint density at radius 1 is 1.35 bits per heavy atom. The summed E-state index contributed by atoms with van der Waals surface area (Å²) in [5, 5.41) is 4.03. The van der Waals surface area contributed by atoms with E-state index in [9.17, 15) is 0 Å². The lowest BCUT2D eigenvalue weighted by Gasteiger charge is -2.06. The van der Waals surface area contributed by atoms with E-state index in [1.807, 2.05) is 24.3 Å². The van der Waals surface area contributed by atoms with Crippen molar-refractivity contribution in [2.24, 2.45) is 0 Å². The summed E-state index contributed by atoms with van der Waals surface area (Å²) < 4.78 is 10.3. The molecule has 1 aromatic carbocycles. The van der Waals surface area contributed by atoms with Gasteiger partial charge in [-0.25, -0.2) is 0 Å². The van der Waals surface area contributed by atoms with Crippen LogP contribution in [0, 0.1) is 0 Å². The zero-order valence-electron chi connectivity index (χ0n) is 10.2. The van der Waals surface area contributed by atoms with Crippen molar-refractivity contribution >= 4 is 5.88 Å². The Morgan fingerprint density at radius 2 is 2.12 bits per heavy atom. The van der Waals surface area contributed by atoms with Crippen molar-refractivity contribution in [3.8, 4) is 17.0 Å². The van der Waals surface area contributed by atoms with E-state index in [-0.39, 0.29) is 5.92 Å². The molecule has 0 amide bonds. The van der Waals surface area contributed by atoms with E-state index in [1.54, 1.807) is 7.11 Å². The van der Waals surface area contributed by atoms with Crippen LogP contribution in [0.1, 0.15) is 25.3 Å². The zero-order chi connectivity index (χ0) is 12.4. The van der Waals surface area contributed by atoms with Gasteiger partial charge in [-0.2, -0.15) is 0 Å². The third-order valence-corrected chi connectivity index (χ3v) is 2.68. The van der Waals surface area contributed by atoms with Gasteiger partial charge in [0.15, 0.2) is 0 Å². The highest BCUT2D eigenvalue weighted by molar-refractivity contribution is 5.69. The molecular weight excluding hydrogens is 216 g/mol. The van der Waals surface area contributed by atoms with Crippen molar-refractivity contribution in [2.75, 3.05) is 12.8 Å². The van der Waals surface area contributed by atoms with Gasteiger partial charge in [-0.05, 0) is 18.1 Å². The van der Waals surface area contributed by atoms with Gasteiger partial charge in [-0.3, -0.25) is 0 Å². The predicted molar refractivity (Wildman–Crippen MR) is 67.0 cm³/mol. The molecule has 0 atom stereocenters. The van der Waals surface area contributed by atoms with Crippen molar-refractivity contribution < 1.29 is 9.26 Å². The summed E-state index contributed by atoms with van der Waals surface area (Å²) in [6.07, 6.45) is 0. The molecular formula is C13H16N2O2. The first-order chi connectivity index (χ1) is 8.13. The third-order valence-electron chi connectivity index (χ3n) is 2.68. The highest BCUT2D eigenvalue weighted by atomic mass is 16.5. The Balaban J connectivity index is 2.52. The van der Waals surface area contributed by atoms with Crippen LogP contribution in [-0.4, -0.2) is 12.3 Å². The molecule has 0 aliphatic rings. The van der Waals surface area contributed by atoms with E-state index in [1.165, 1.54) is 0 Å². The second kappa shape index (κ2) is 4.49. The first kappa shape index (κ1) is 11.5. The first-order valence-corrected chi connectivity index (χ1v) is 5.53. The summed E-state index contributed by atoms with van der Waals surface area (Å²) in [6, 6.07) is 7.69. The molecule has 2 aromatic rings. The second-order valence-corrected chi connectivity index (χ2v) is 4.20. The molecule has 2 rings (SSSR count). The number of methoxy groups -OCH3 is 1. The molecule has 0 aliphatic carbocycles. The monoisotopic (exact) mass is 232 g/mol. The molecule has 4 nitrogen and oxygen atoms in total. The number of aromatic nitrogens is 1. The number of rotatable bonds is 3. The molecule has 90 valence electrons. The maximum Gasteiger partial charge on any atom is 0.226 e. The maximum absolute atomic E-state index is 5.79. The summed E-state index contributed by atoms with van der Waals surface area (Å²) >= 11 is 0. The largest absolute Gasteiger partial charge is 0.497 e. The summed E-state index contributed by atoms with van der Waals surface area (Å²) in [6.45, 7) is 4.12. The Hall–Kier alpha value is -1.97. The molecule has 0 fully saturated rings. The number of nitrogens with two attached hydrogens (primary N) is 1. The molecule has 0 radical (unpaired) electrons. The van der Waals surface area contributed by atoms with Gasteiger partial charge in [-0.1, -0.05) is 31.1 Å². The Kier molecular flexibility index (Phi) is 3.04. The van der Waals surface area contributed by atoms with Crippen LogP contribution in [0.15, 0.2) is 28.8 Å². The fourth-order valence-corrected chi connectivity index (χ4v) is 1.85. The van der Waals surface area contributed by atoms with Gasteiger partial charge in [0, 0.05) is 11.1 Å². The van der Waals surface area contributed by atoms with E-state index < -0.39 is 0 Å². The van der Waals surface area contributed by atoms with Crippen LogP contribution in [0.3, 0.4) is 0 Å². The van der Waals surface area contributed by atoms with E-state index in [2.05, 4.69) is 19.0 Å². The molecule has 2 N–H and O–H groups in total. The van der Waals surface area contributed by atoms with Crippen molar-refractivity contribution in [1.82, 2.24) is 5.16 Å². The summed E-state index contributed by atoms with van der Waals surface area (Å²) in [7, 11) is 1.64. The van der Waals surface area contributed by atoms with Crippen LogP contribution in [0.4, 0.5) is 5.88 Å². The molecule has 0 unspecified atom stereocenters. The van der Waals surface area contributed by atoms with Gasteiger partial charge in [0.05, 0.1) is 7.11 Å². The van der Waals surface area contributed by atoms with E-state index in [0.29, 0.717) is 5.88 Å². The molecule has 0 aliphatic heterocycles. The minimum absolute atomic E-state index is 0.266.